The maximum Gasteiger partial charge on any atom is 0.149 e. The third-order valence-electron chi connectivity index (χ3n) is 4.04. The van der Waals surface area contributed by atoms with E-state index in [9.17, 15) is 0 Å². The monoisotopic (exact) mass is 305 g/mol. The van der Waals surface area contributed by atoms with Crippen molar-refractivity contribution in [2.45, 2.75) is 18.3 Å². The van der Waals surface area contributed by atoms with Gasteiger partial charge in [0.2, 0.25) is 0 Å². The van der Waals surface area contributed by atoms with Crippen LogP contribution in [0.3, 0.4) is 0 Å². The Morgan fingerprint density at radius 1 is 1.11 bits per heavy atom. The van der Waals surface area contributed by atoms with E-state index in [4.69, 9.17) is 14.6 Å². The van der Waals surface area contributed by atoms with Gasteiger partial charge in [0.1, 0.15) is 11.2 Å². The van der Waals surface area contributed by atoms with Gasteiger partial charge in [-0.25, -0.2) is 0 Å². The van der Waals surface area contributed by atoms with Gasteiger partial charge in [0.05, 0.1) is 17.0 Å². The van der Waals surface area contributed by atoms with Crippen molar-refractivity contribution in [3.05, 3.63) is 34.7 Å². The van der Waals surface area contributed by atoms with Gasteiger partial charge >= 0.3 is 0 Å². The molecule has 0 radical (unpaired) electrons. The van der Waals surface area contributed by atoms with Gasteiger partial charge in [0.25, 0.3) is 0 Å². The maximum absolute atomic E-state index is 5.97. The zero-order chi connectivity index (χ0) is 12.3. The Hall–Kier alpha value is -1.26. The quantitative estimate of drug-likeness (QED) is 0.780. The van der Waals surface area contributed by atoms with Gasteiger partial charge in [0.15, 0.2) is 0 Å². The van der Waals surface area contributed by atoms with Crippen molar-refractivity contribution < 1.29 is 8.83 Å². The van der Waals surface area contributed by atoms with E-state index in [1.165, 1.54) is 5.56 Å². The van der Waals surface area contributed by atoms with Crippen molar-refractivity contribution in [3.8, 4) is 0 Å². The SMILES string of the molecule is NCC1(c2c3ccoc3c(Br)c3ccoc23)CC1. The summed E-state index contributed by atoms with van der Waals surface area (Å²) in [5.41, 5.74) is 9.11. The third-order valence-corrected chi connectivity index (χ3v) is 4.82. The van der Waals surface area contributed by atoms with Crippen LogP contribution >= 0.6 is 15.9 Å². The highest BCUT2D eigenvalue weighted by molar-refractivity contribution is 9.10. The van der Waals surface area contributed by atoms with E-state index in [2.05, 4.69) is 15.9 Å². The number of rotatable bonds is 2. The molecule has 1 aliphatic carbocycles. The highest BCUT2D eigenvalue weighted by atomic mass is 79.9. The van der Waals surface area contributed by atoms with Crippen LogP contribution in [0.25, 0.3) is 21.9 Å². The maximum atomic E-state index is 5.97. The van der Waals surface area contributed by atoms with Gasteiger partial charge in [-0.3, -0.25) is 0 Å². The summed E-state index contributed by atoms with van der Waals surface area (Å²) in [6.45, 7) is 0.657. The molecule has 18 heavy (non-hydrogen) atoms. The summed E-state index contributed by atoms with van der Waals surface area (Å²) >= 11 is 3.60. The molecule has 1 aliphatic rings. The number of furan rings is 2. The van der Waals surface area contributed by atoms with E-state index in [0.29, 0.717) is 6.54 Å². The zero-order valence-corrected chi connectivity index (χ0v) is 11.3. The Bertz CT molecular complexity index is 700. The first-order valence-electron chi connectivity index (χ1n) is 6.03. The Morgan fingerprint density at radius 2 is 1.78 bits per heavy atom. The van der Waals surface area contributed by atoms with Gasteiger partial charge < -0.3 is 14.6 Å². The number of nitrogens with two attached hydrogens (primary N) is 1. The molecule has 0 atom stereocenters. The predicted molar refractivity (Wildman–Crippen MR) is 73.7 cm³/mol. The molecule has 0 saturated heterocycles. The summed E-state index contributed by atoms with van der Waals surface area (Å²) in [7, 11) is 0. The summed E-state index contributed by atoms with van der Waals surface area (Å²) in [6, 6.07) is 3.98. The average Bonchev–Trinajstić information content (AvgIpc) is 2.80. The first kappa shape index (κ1) is 10.6. The highest BCUT2D eigenvalue weighted by Gasteiger charge is 2.46. The van der Waals surface area contributed by atoms with E-state index >= 15 is 0 Å². The Morgan fingerprint density at radius 3 is 2.44 bits per heavy atom. The van der Waals surface area contributed by atoms with Crippen LogP contribution in [0.5, 0.6) is 0 Å². The molecule has 0 unspecified atom stereocenters. The second-order valence-corrected chi connectivity index (χ2v) is 5.79. The van der Waals surface area contributed by atoms with Crippen molar-refractivity contribution in [1.29, 1.82) is 0 Å². The molecular formula is C14H12BrNO2. The summed E-state index contributed by atoms with van der Waals surface area (Å²) in [6.07, 6.45) is 5.71. The minimum atomic E-state index is 0.0823. The first-order chi connectivity index (χ1) is 8.77. The van der Waals surface area contributed by atoms with Crippen molar-refractivity contribution in [3.63, 3.8) is 0 Å². The number of hydrogen-bond donors (Lipinski definition) is 1. The normalized spacial score (nSPS) is 17.7. The molecule has 2 heterocycles. The first-order valence-corrected chi connectivity index (χ1v) is 6.82. The Kier molecular flexibility index (Phi) is 2.01. The standard InChI is InChI=1S/C14H12BrNO2/c15-11-9-2-6-17-12(9)10(14(7-16)3-4-14)8-1-5-18-13(8)11/h1-2,5-6H,3-4,7,16H2. The summed E-state index contributed by atoms with van der Waals surface area (Å²) in [5.74, 6) is 0. The molecule has 2 aromatic heterocycles. The van der Waals surface area contributed by atoms with Crippen molar-refractivity contribution in [2.75, 3.05) is 6.54 Å². The fraction of sp³-hybridized carbons (Fsp3) is 0.286. The van der Waals surface area contributed by atoms with Gasteiger partial charge in [-0.05, 0) is 40.9 Å². The lowest BCUT2D eigenvalue weighted by atomic mass is 9.91. The van der Waals surface area contributed by atoms with Crippen LogP contribution in [0.2, 0.25) is 0 Å². The molecule has 3 aromatic rings. The molecule has 0 aliphatic heterocycles. The van der Waals surface area contributed by atoms with Crippen molar-refractivity contribution >= 4 is 37.9 Å². The van der Waals surface area contributed by atoms with Crippen LogP contribution in [0.1, 0.15) is 18.4 Å². The number of benzene rings is 1. The number of hydrogen-bond acceptors (Lipinski definition) is 3. The molecule has 4 rings (SSSR count). The molecule has 92 valence electrons. The highest BCUT2D eigenvalue weighted by Crippen LogP contribution is 2.53. The molecular weight excluding hydrogens is 294 g/mol. The molecule has 0 amide bonds. The Labute approximate surface area is 112 Å². The zero-order valence-electron chi connectivity index (χ0n) is 9.70. The van der Waals surface area contributed by atoms with E-state index in [1.54, 1.807) is 12.5 Å². The minimum absolute atomic E-state index is 0.0823. The predicted octanol–water partition coefficient (Wildman–Crippen LogP) is 3.93. The lowest BCUT2D eigenvalue weighted by molar-refractivity contribution is 0.596. The van der Waals surface area contributed by atoms with E-state index < -0.39 is 0 Å². The smallest absolute Gasteiger partial charge is 0.149 e. The van der Waals surface area contributed by atoms with Crippen LogP contribution in [-0.4, -0.2) is 6.54 Å². The molecule has 0 spiro atoms. The number of fused-ring (bicyclic) bond motifs is 2. The molecule has 2 N–H and O–H groups in total. The minimum Gasteiger partial charge on any atom is -0.464 e. The lowest BCUT2D eigenvalue weighted by Crippen LogP contribution is -2.20. The topological polar surface area (TPSA) is 52.3 Å². The van der Waals surface area contributed by atoms with Crippen LogP contribution in [0.15, 0.2) is 38.0 Å². The molecule has 0 bridgehead atoms. The van der Waals surface area contributed by atoms with Crippen molar-refractivity contribution in [1.82, 2.24) is 0 Å². The molecule has 3 nitrogen and oxygen atoms in total. The van der Waals surface area contributed by atoms with Gasteiger partial charge in [-0.1, -0.05) is 0 Å². The fourth-order valence-electron chi connectivity index (χ4n) is 2.83. The van der Waals surface area contributed by atoms with Gasteiger partial charge in [0, 0.05) is 28.3 Å². The van der Waals surface area contributed by atoms with E-state index in [0.717, 1.165) is 39.3 Å². The third kappa shape index (κ3) is 1.17. The molecule has 1 aromatic carbocycles. The summed E-state index contributed by atoms with van der Waals surface area (Å²) < 4.78 is 12.3. The summed E-state index contributed by atoms with van der Waals surface area (Å²) in [5, 5.41) is 2.18. The van der Waals surface area contributed by atoms with Crippen LogP contribution < -0.4 is 5.73 Å². The van der Waals surface area contributed by atoms with Gasteiger partial charge in [-0.15, -0.1) is 0 Å². The summed E-state index contributed by atoms with van der Waals surface area (Å²) in [4.78, 5) is 0. The Balaban J connectivity index is 2.23. The molecule has 1 fully saturated rings. The lowest BCUT2D eigenvalue weighted by Gasteiger charge is -2.15. The largest absolute Gasteiger partial charge is 0.464 e. The molecule has 1 saturated carbocycles. The number of halogens is 1. The van der Waals surface area contributed by atoms with E-state index in [-0.39, 0.29) is 5.41 Å². The average molecular weight is 306 g/mol. The second kappa shape index (κ2) is 3.39. The van der Waals surface area contributed by atoms with Crippen LogP contribution in [0.4, 0.5) is 0 Å². The van der Waals surface area contributed by atoms with Crippen LogP contribution in [0, 0.1) is 0 Å². The molecule has 4 heteroatoms. The van der Waals surface area contributed by atoms with E-state index in [1.807, 2.05) is 12.1 Å². The fourth-order valence-corrected chi connectivity index (χ4v) is 3.45. The van der Waals surface area contributed by atoms with Crippen molar-refractivity contribution in [2.24, 2.45) is 5.73 Å². The second-order valence-electron chi connectivity index (χ2n) is 5.00. The van der Waals surface area contributed by atoms with Crippen LogP contribution in [-0.2, 0) is 5.41 Å². The van der Waals surface area contributed by atoms with Gasteiger partial charge in [-0.2, -0.15) is 0 Å².